The van der Waals surface area contributed by atoms with Crippen LogP contribution in [-0.4, -0.2) is 54.4 Å². The number of carbonyl (C=O) groups is 1. The Morgan fingerprint density at radius 2 is 1.72 bits per heavy atom. The van der Waals surface area contributed by atoms with Crippen LogP contribution in [0, 0.1) is 0 Å². The summed E-state index contributed by atoms with van der Waals surface area (Å²) in [6, 6.07) is 15.2. The van der Waals surface area contributed by atoms with Gasteiger partial charge in [0, 0.05) is 44.3 Å². The standard InChI is InChI=1S/C21H22N6O2/c1-29-18-6-4-17(5-7-18)26-11-13-27(14-12-26)20-9-8-19(24-25-20)23-21(28)16-3-2-10-22-15-16/h2-10,15H,11-14H2,1H3,(H,23,24,28). The summed E-state index contributed by atoms with van der Waals surface area (Å²) >= 11 is 0. The van der Waals surface area contributed by atoms with E-state index in [1.165, 1.54) is 11.9 Å². The Morgan fingerprint density at radius 3 is 2.34 bits per heavy atom. The molecule has 0 saturated carbocycles. The molecule has 1 aromatic carbocycles. The first-order valence-electron chi connectivity index (χ1n) is 9.42. The predicted octanol–water partition coefficient (Wildman–Crippen LogP) is 2.46. The molecule has 0 radical (unpaired) electrons. The van der Waals surface area contributed by atoms with Gasteiger partial charge < -0.3 is 19.9 Å². The van der Waals surface area contributed by atoms with Gasteiger partial charge in [0.05, 0.1) is 12.7 Å². The lowest BCUT2D eigenvalue weighted by Crippen LogP contribution is -2.46. The summed E-state index contributed by atoms with van der Waals surface area (Å²) in [5, 5.41) is 11.2. The Bertz CT molecular complexity index is 939. The molecular weight excluding hydrogens is 368 g/mol. The number of aromatic nitrogens is 3. The second-order valence-corrected chi connectivity index (χ2v) is 6.64. The zero-order chi connectivity index (χ0) is 20.1. The fourth-order valence-electron chi connectivity index (χ4n) is 3.23. The van der Waals surface area contributed by atoms with Crippen molar-refractivity contribution < 1.29 is 9.53 Å². The van der Waals surface area contributed by atoms with Crippen molar-refractivity contribution in [2.24, 2.45) is 0 Å². The first-order valence-corrected chi connectivity index (χ1v) is 9.42. The summed E-state index contributed by atoms with van der Waals surface area (Å²) in [4.78, 5) is 20.6. The van der Waals surface area contributed by atoms with Crippen LogP contribution in [0.3, 0.4) is 0 Å². The van der Waals surface area contributed by atoms with Crippen LogP contribution in [0.4, 0.5) is 17.3 Å². The van der Waals surface area contributed by atoms with E-state index < -0.39 is 0 Å². The van der Waals surface area contributed by atoms with Gasteiger partial charge in [-0.15, -0.1) is 10.2 Å². The molecule has 1 amide bonds. The lowest BCUT2D eigenvalue weighted by Gasteiger charge is -2.36. The van der Waals surface area contributed by atoms with Crippen molar-refractivity contribution in [2.45, 2.75) is 0 Å². The number of rotatable bonds is 5. The molecule has 1 N–H and O–H groups in total. The zero-order valence-corrected chi connectivity index (χ0v) is 16.2. The van der Waals surface area contributed by atoms with Gasteiger partial charge in [-0.05, 0) is 48.5 Å². The van der Waals surface area contributed by atoms with Gasteiger partial charge in [0.15, 0.2) is 11.6 Å². The van der Waals surface area contributed by atoms with E-state index in [2.05, 4.69) is 42.4 Å². The Hall–Kier alpha value is -3.68. The first kappa shape index (κ1) is 18.7. The fraction of sp³-hybridized carbons (Fsp3) is 0.238. The molecule has 2 aromatic heterocycles. The molecule has 1 aliphatic heterocycles. The molecule has 0 unspecified atom stereocenters. The molecule has 148 valence electrons. The minimum atomic E-state index is -0.256. The summed E-state index contributed by atoms with van der Waals surface area (Å²) in [7, 11) is 1.67. The van der Waals surface area contributed by atoms with Gasteiger partial charge in [-0.25, -0.2) is 0 Å². The number of methoxy groups -OCH3 is 1. The third kappa shape index (κ3) is 4.43. The maximum Gasteiger partial charge on any atom is 0.258 e. The highest BCUT2D eigenvalue weighted by Gasteiger charge is 2.19. The van der Waals surface area contributed by atoms with Gasteiger partial charge in [0.25, 0.3) is 5.91 Å². The van der Waals surface area contributed by atoms with Gasteiger partial charge >= 0.3 is 0 Å². The second-order valence-electron chi connectivity index (χ2n) is 6.64. The smallest absolute Gasteiger partial charge is 0.258 e. The number of benzene rings is 1. The van der Waals surface area contributed by atoms with Crippen LogP contribution in [-0.2, 0) is 0 Å². The van der Waals surface area contributed by atoms with Crippen LogP contribution in [0.25, 0.3) is 0 Å². The monoisotopic (exact) mass is 390 g/mol. The average molecular weight is 390 g/mol. The van der Waals surface area contributed by atoms with Gasteiger partial charge in [0.2, 0.25) is 0 Å². The van der Waals surface area contributed by atoms with Crippen LogP contribution < -0.4 is 19.9 Å². The molecule has 0 bridgehead atoms. The van der Waals surface area contributed by atoms with Crippen LogP contribution in [0.1, 0.15) is 10.4 Å². The number of carbonyl (C=O) groups excluding carboxylic acids is 1. The summed E-state index contributed by atoms with van der Waals surface area (Å²) in [6.07, 6.45) is 3.14. The molecule has 29 heavy (non-hydrogen) atoms. The first-order chi connectivity index (χ1) is 14.2. The van der Waals surface area contributed by atoms with Crippen molar-refractivity contribution in [1.29, 1.82) is 0 Å². The zero-order valence-electron chi connectivity index (χ0n) is 16.2. The van der Waals surface area contributed by atoms with Crippen LogP contribution in [0.5, 0.6) is 5.75 Å². The van der Waals surface area contributed by atoms with Crippen molar-refractivity contribution in [3.63, 3.8) is 0 Å². The third-order valence-electron chi connectivity index (χ3n) is 4.86. The van der Waals surface area contributed by atoms with Crippen LogP contribution in [0.2, 0.25) is 0 Å². The van der Waals surface area contributed by atoms with Crippen molar-refractivity contribution >= 4 is 23.2 Å². The van der Waals surface area contributed by atoms with Gasteiger partial charge in [-0.1, -0.05) is 0 Å². The number of nitrogens with zero attached hydrogens (tertiary/aromatic N) is 5. The highest BCUT2D eigenvalue weighted by atomic mass is 16.5. The Kier molecular flexibility index (Phi) is 5.51. The van der Waals surface area contributed by atoms with Crippen molar-refractivity contribution in [3.05, 3.63) is 66.5 Å². The van der Waals surface area contributed by atoms with E-state index in [0.29, 0.717) is 11.4 Å². The number of hydrogen-bond acceptors (Lipinski definition) is 7. The molecular formula is C21H22N6O2. The summed E-state index contributed by atoms with van der Waals surface area (Å²) in [5.74, 6) is 1.82. The van der Waals surface area contributed by atoms with E-state index in [0.717, 1.165) is 37.7 Å². The highest BCUT2D eigenvalue weighted by Crippen LogP contribution is 2.22. The Labute approximate surface area is 169 Å². The van der Waals surface area contributed by atoms with E-state index in [-0.39, 0.29) is 5.91 Å². The van der Waals surface area contributed by atoms with Crippen LogP contribution in [0.15, 0.2) is 60.9 Å². The highest BCUT2D eigenvalue weighted by molar-refractivity contribution is 6.03. The molecule has 0 atom stereocenters. The van der Waals surface area contributed by atoms with Crippen LogP contribution >= 0.6 is 0 Å². The quantitative estimate of drug-likeness (QED) is 0.716. The van der Waals surface area contributed by atoms with E-state index in [9.17, 15) is 4.79 Å². The molecule has 1 fully saturated rings. The van der Waals surface area contributed by atoms with Crippen molar-refractivity contribution in [2.75, 3.05) is 48.4 Å². The topological polar surface area (TPSA) is 83.5 Å². The number of nitrogens with one attached hydrogen (secondary N) is 1. The fourth-order valence-corrected chi connectivity index (χ4v) is 3.23. The molecule has 4 rings (SSSR count). The minimum Gasteiger partial charge on any atom is -0.497 e. The molecule has 0 spiro atoms. The number of piperazine rings is 1. The molecule has 1 saturated heterocycles. The third-order valence-corrected chi connectivity index (χ3v) is 4.86. The molecule has 3 aromatic rings. The normalized spacial score (nSPS) is 13.8. The number of ether oxygens (including phenoxy) is 1. The number of amides is 1. The lowest BCUT2D eigenvalue weighted by molar-refractivity contribution is 0.102. The van der Waals surface area contributed by atoms with Crippen molar-refractivity contribution in [3.8, 4) is 5.75 Å². The molecule has 8 nitrogen and oxygen atoms in total. The van der Waals surface area contributed by atoms with Gasteiger partial charge in [0.1, 0.15) is 5.75 Å². The Balaban J connectivity index is 1.33. The van der Waals surface area contributed by atoms with Crippen molar-refractivity contribution in [1.82, 2.24) is 15.2 Å². The average Bonchev–Trinajstić information content (AvgIpc) is 2.80. The largest absolute Gasteiger partial charge is 0.497 e. The molecule has 1 aliphatic rings. The SMILES string of the molecule is COc1ccc(N2CCN(c3ccc(NC(=O)c4cccnc4)nn3)CC2)cc1. The molecule has 8 heteroatoms. The van der Waals surface area contributed by atoms with E-state index >= 15 is 0 Å². The second kappa shape index (κ2) is 8.55. The number of anilines is 3. The van der Waals surface area contributed by atoms with Gasteiger partial charge in [-0.2, -0.15) is 0 Å². The summed E-state index contributed by atoms with van der Waals surface area (Å²) in [5.41, 5.74) is 1.66. The minimum absolute atomic E-state index is 0.256. The lowest BCUT2D eigenvalue weighted by atomic mass is 10.2. The Morgan fingerprint density at radius 1 is 0.966 bits per heavy atom. The summed E-state index contributed by atoms with van der Waals surface area (Å²) < 4.78 is 5.22. The number of pyridine rings is 1. The predicted molar refractivity (Wildman–Crippen MR) is 112 cm³/mol. The molecule has 3 heterocycles. The number of hydrogen-bond donors (Lipinski definition) is 1. The van der Waals surface area contributed by atoms with E-state index in [1.807, 2.05) is 18.2 Å². The summed E-state index contributed by atoms with van der Waals surface area (Å²) in [6.45, 7) is 3.49. The van der Waals surface area contributed by atoms with E-state index in [1.54, 1.807) is 31.5 Å². The maximum absolute atomic E-state index is 12.2. The van der Waals surface area contributed by atoms with Gasteiger partial charge in [-0.3, -0.25) is 9.78 Å². The molecule has 0 aliphatic carbocycles. The van der Waals surface area contributed by atoms with E-state index in [4.69, 9.17) is 4.74 Å². The maximum atomic E-state index is 12.2.